The van der Waals surface area contributed by atoms with E-state index in [2.05, 4.69) is 29.4 Å². The highest BCUT2D eigenvalue weighted by Gasteiger charge is 2.10. The Morgan fingerprint density at radius 1 is 1.00 bits per heavy atom. The number of rotatable bonds is 9. The molecular weight excluding hydrogens is 424 g/mol. The number of aliphatic imine (C=N–C) groups is 1. The molecular formula is C26H27ClN2O3. The molecule has 0 aromatic heterocycles. The van der Waals surface area contributed by atoms with E-state index in [4.69, 9.17) is 21.1 Å². The van der Waals surface area contributed by atoms with E-state index in [0.29, 0.717) is 28.8 Å². The van der Waals surface area contributed by atoms with E-state index in [1.54, 1.807) is 24.4 Å². The molecule has 32 heavy (non-hydrogen) atoms. The molecule has 0 aliphatic carbocycles. The van der Waals surface area contributed by atoms with Crippen molar-refractivity contribution in [3.8, 4) is 11.5 Å². The van der Waals surface area contributed by atoms with Gasteiger partial charge in [0.25, 0.3) is 5.91 Å². The zero-order chi connectivity index (χ0) is 22.9. The first-order chi connectivity index (χ1) is 15.5. The number of hydrogen-bond acceptors (Lipinski definition) is 4. The maximum atomic E-state index is 12.3. The third-order valence-corrected chi connectivity index (χ3v) is 5.20. The first-order valence-corrected chi connectivity index (χ1v) is 10.9. The Morgan fingerprint density at radius 3 is 2.47 bits per heavy atom. The van der Waals surface area contributed by atoms with Crippen molar-refractivity contribution in [1.29, 1.82) is 0 Å². The zero-order valence-corrected chi connectivity index (χ0v) is 19.3. The van der Waals surface area contributed by atoms with Crippen LogP contribution in [-0.2, 0) is 11.2 Å². The quantitative estimate of drug-likeness (QED) is 0.385. The molecule has 0 aliphatic rings. The number of benzene rings is 3. The topological polar surface area (TPSA) is 59.9 Å². The van der Waals surface area contributed by atoms with Gasteiger partial charge in [-0.05, 0) is 79.4 Å². The molecule has 5 nitrogen and oxygen atoms in total. The second-order valence-electron chi connectivity index (χ2n) is 7.22. The van der Waals surface area contributed by atoms with E-state index < -0.39 is 0 Å². The van der Waals surface area contributed by atoms with Crippen LogP contribution in [-0.4, -0.2) is 25.3 Å². The van der Waals surface area contributed by atoms with Gasteiger partial charge >= 0.3 is 0 Å². The molecule has 0 radical (unpaired) electrons. The van der Waals surface area contributed by atoms with Crippen molar-refractivity contribution >= 4 is 35.1 Å². The van der Waals surface area contributed by atoms with Crippen LogP contribution in [0.5, 0.6) is 11.5 Å². The van der Waals surface area contributed by atoms with Crippen LogP contribution in [0.2, 0.25) is 5.02 Å². The lowest BCUT2D eigenvalue weighted by Gasteiger charge is -2.13. The van der Waals surface area contributed by atoms with Crippen LogP contribution in [0, 0.1) is 6.92 Å². The molecule has 0 atom stereocenters. The molecule has 166 valence electrons. The van der Waals surface area contributed by atoms with E-state index in [-0.39, 0.29) is 12.5 Å². The highest BCUT2D eigenvalue weighted by Crippen LogP contribution is 2.28. The van der Waals surface area contributed by atoms with Crippen LogP contribution in [0.25, 0.3) is 0 Å². The number of carbonyl (C=O) groups is 1. The van der Waals surface area contributed by atoms with Gasteiger partial charge in [0.15, 0.2) is 18.1 Å². The van der Waals surface area contributed by atoms with E-state index in [1.807, 2.05) is 44.2 Å². The van der Waals surface area contributed by atoms with Crippen molar-refractivity contribution in [2.45, 2.75) is 27.2 Å². The summed E-state index contributed by atoms with van der Waals surface area (Å²) in [6, 6.07) is 19.0. The van der Waals surface area contributed by atoms with E-state index in [1.165, 1.54) is 5.56 Å². The molecule has 0 heterocycles. The molecule has 3 rings (SSSR count). The number of halogens is 1. The van der Waals surface area contributed by atoms with Crippen molar-refractivity contribution in [3.05, 3.63) is 82.4 Å². The van der Waals surface area contributed by atoms with Gasteiger partial charge in [-0.3, -0.25) is 9.79 Å². The van der Waals surface area contributed by atoms with Gasteiger partial charge < -0.3 is 14.8 Å². The standard InChI is InChI=1S/C26H27ClN2O3/c1-4-19-7-11-21(12-8-19)28-16-20-9-13-24(25(14-20)31-5-2)32-17-26(30)29-22-10-6-18(3)23(27)15-22/h6-16H,4-5,17H2,1-3H3,(H,29,30). The largest absolute Gasteiger partial charge is 0.490 e. The monoisotopic (exact) mass is 450 g/mol. The highest BCUT2D eigenvalue weighted by atomic mass is 35.5. The normalized spacial score (nSPS) is 10.9. The Bertz CT molecular complexity index is 1090. The molecule has 0 unspecified atom stereocenters. The van der Waals surface area contributed by atoms with Crippen LogP contribution in [0.15, 0.2) is 65.7 Å². The Labute approximate surface area is 194 Å². The third-order valence-electron chi connectivity index (χ3n) is 4.79. The minimum Gasteiger partial charge on any atom is -0.490 e. The number of amides is 1. The van der Waals surface area contributed by atoms with Gasteiger partial charge in [-0.2, -0.15) is 0 Å². The summed E-state index contributed by atoms with van der Waals surface area (Å²) in [6.45, 7) is 6.25. The number of aryl methyl sites for hydroxylation is 2. The van der Waals surface area contributed by atoms with Crippen LogP contribution in [0.1, 0.15) is 30.5 Å². The third kappa shape index (κ3) is 6.59. The van der Waals surface area contributed by atoms with Gasteiger partial charge in [0, 0.05) is 16.9 Å². The average Bonchev–Trinajstić information content (AvgIpc) is 2.80. The average molecular weight is 451 g/mol. The number of carbonyl (C=O) groups excluding carboxylic acids is 1. The molecule has 0 bridgehead atoms. The summed E-state index contributed by atoms with van der Waals surface area (Å²) in [5, 5.41) is 3.38. The summed E-state index contributed by atoms with van der Waals surface area (Å²) in [4.78, 5) is 16.8. The molecule has 3 aromatic carbocycles. The fraction of sp³-hybridized carbons (Fsp3) is 0.231. The molecule has 1 amide bonds. The minimum absolute atomic E-state index is 0.150. The fourth-order valence-electron chi connectivity index (χ4n) is 2.97. The van der Waals surface area contributed by atoms with Crippen molar-refractivity contribution in [3.63, 3.8) is 0 Å². The molecule has 0 aliphatic heterocycles. The Hall–Kier alpha value is -3.31. The van der Waals surface area contributed by atoms with Gasteiger partial charge in [0.2, 0.25) is 0 Å². The second kappa shape index (κ2) is 11.3. The van der Waals surface area contributed by atoms with E-state index >= 15 is 0 Å². The number of nitrogens with one attached hydrogen (secondary N) is 1. The van der Waals surface area contributed by atoms with Crippen molar-refractivity contribution in [1.82, 2.24) is 0 Å². The van der Waals surface area contributed by atoms with Crippen molar-refractivity contribution < 1.29 is 14.3 Å². The minimum atomic E-state index is -0.284. The maximum absolute atomic E-state index is 12.3. The van der Waals surface area contributed by atoms with Gasteiger partial charge in [-0.15, -0.1) is 0 Å². The number of anilines is 1. The van der Waals surface area contributed by atoms with Crippen LogP contribution < -0.4 is 14.8 Å². The van der Waals surface area contributed by atoms with Crippen LogP contribution >= 0.6 is 11.6 Å². The maximum Gasteiger partial charge on any atom is 0.262 e. The van der Waals surface area contributed by atoms with Gasteiger partial charge in [0.1, 0.15) is 0 Å². The zero-order valence-electron chi connectivity index (χ0n) is 18.5. The number of nitrogens with zero attached hydrogens (tertiary/aromatic N) is 1. The number of ether oxygens (including phenoxy) is 2. The summed E-state index contributed by atoms with van der Waals surface area (Å²) in [7, 11) is 0. The molecule has 0 fully saturated rings. The summed E-state index contributed by atoms with van der Waals surface area (Å²) in [6.07, 6.45) is 2.78. The molecule has 6 heteroatoms. The van der Waals surface area contributed by atoms with E-state index in [0.717, 1.165) is 23.2 Å². The van der Waals surface area contributed by atoms with Gasteiger partial charge in [-0.25, -0.2) is 0 Å². The first-order valence-electron chi connectivity index (χ1n) is 10.6. The summed E-state index contributed by atoms with van der Waals surface area (Å²) in [5.74, 6) is 0.769. The SMILES string of the molecule is CCOc1cc(C=Nc2ccc(CC)cc2)ccc1OCC(=O)Nc1ccc(C)c(Cl)c1. The smallest absolute Gasteiger partial charge is 0.262 e. The fourth-order valence-corrected chi connectivity index (χ4v) is 3.15. The van der Waals surface area contributed by atoms with E-state index in [9.17, 15) is 4.79 Å². The van der Waals surface area contributed by atoms with Gasteiger partial charge in [0.05, 0.1) is 12.3 Å². The molecule has 0 spiro atoms. The van der Waals surface area contributed by atoms with Crippen LogP contribution in [0.3, 0.4) is 0 Å². The summed E-state index contributed by atoms with van der Waals surface area (Å²) < 4.78 is 11.4. The van der Waals surface area contributed by atoms with Crippen molar-refractivity contribution in [2.24, 2.45) is 4.99 Å². The van der Waals surface area contributed by atoms with Crippen LogP contribution in [0.4, 0.5) is 11.4 Å². The Balaban J connectivity index is 1.64. The molecule has 0 saturated heterocycles. The molecule has 0 saturated carbocycles. The summed E-state index contributed by atoms with van der Waals surface area (Å²) >= 11 is 6.11. The summed E-state index contributed by atoms with van der Waals surface area (Å²) in [5.41, 5.74) is 4.60. The Kier molecular flexibility index (Phi) is 8.28. The second-order valence-corrected chi connectivity index (χ2v) is 7.63. The lowest BCUT2D eigenvalue weighted by molar-refractivity contribution is -0.118. The van der Waals surface area contributed by atoms with Crippen molar-refractivity contribution in [2.75, 3.05) is 18.5 Å². The predicted octanol–water partition coefficient (Wildman–Crippen LogP) is 6.38. The lowest BCUT2D eigenvalue weighted by atomic mass is 10.1. The Morgan fingerprint density at radius 2 is 1.78 bits per heavy atom. The lowest BCUT2D eigenvalue weighted by Crippen LogP contribution is -2.20. The molecule has 1 N–H and O–H groups in total. The van der Waals surface area contributed by atoms with Gasteiger partial charge in [-0.1, -0.05) is 36.7 Å². The first kappa shape index (κ1) is 23.4. The predicted molar refractivity (Wildman–Crippen MR) is 131 cm³/mol. The highest BCUT2D eigenvalue weighted by molar-refractivity contribution is 6.31. The molecule has 3 aromatic rings. The number of hydrogen-bond donors (Lipinski definition) is 1.